The van der Waals surface area contributed by atoms with E-state index in [1.165, 1.54) is 38.3 Å². The van der Waals surface area contributed by atoms with E-state index in [4.69, 9.17) is 14.5 Å². The number of aliphatic hydroxyl groups is 1. The Kier molecular flexibility index (Phi) is 9.90. The van der Waals surface area contributed by atoms with Crippen LogP contribution in [0.3, 0.4) is 0 Å². The number of aromatic nitrogens is 1. The third kappa shape index (κ3) is 7.29. The molecular formula is C34H31F3IrNO3-. The second kappa shape index (κ2) is 13.2. The van der Waals surface area contributed by atoms with Gasteiger partial charge in [-0.1, -0.05) is 60.2 Å². The average molecular weight is 751 g/mol. The molecule has 5 aromatic rings. The van der Waals surface area contributed by atoms with Crippen molar-refractivity contribution >= 4 is 38.5 Å². The second-order valence-corrected chi connectivity index (χ2v) is 10.6. The number of fused-ring (bicyclic) bond motifs is 4. The van der Waals surface area contributed by atoms with Gasteiger partial charge in [-0.2, -0.15) is 13.2 Å². The summed E-state index contributed by atoms with van der Waals surface area (Å²) in [6.07, 6.45) is 2.63. The molecule has 0 unspecified atom stereocenters. The summed E-state index contributed by atoms with van der Waals surface area (Å²) in [6, 6.07) is 21.2. The number of para-hydroxylation sites is 1. The number of halogens is 3. The molecule has 3 aromatic carbocycles. The first-order chi connectivity index (χ1) is 19.6. The van der Waals surface area contributed by atoms with E-state index in [9.17, 15) is 18.0 Å². The van der Waals surface area contributed by atoms with Gasteiger partial charge in [0, 0.05) is 44.2 Å². The van der Waals surface area contributed by atoms with E-state index in [2.05, 4.69) is 18.2 Å². The SMILES string of the molecule is CC(=O)/C=C(/C)O.FC(F)(F)CCc1ccc2c(-c3[c-]c(C4CCCC4)cc4c3oc3ccccc34)nccc2c1.[Ir]. The summed E-state index contributed by atoms with van der Waals surface area (Å²) in [4.78, 5) is 14.7. The zero-order valence-electron chi connectivity index (χ0n) is 23.3. The molecule has 221 valence electrons. The normalized spacial score (nSPS) is 14.2. The van der Waals surface area contributed by atoms with E-state index < -0.39 is 12.6 Å². The first-order valence-electron chi connectivity index (χ1n) is 13.8. The van der Waals surface area contributed by atoms with Crippen molar-refractivity contribution in [2.24, 2.45) is 0 Å². The van der Waals surface area contributed by atoms with E-state index in [-0.39, 0.29) is 38.1 Å². The number of ketones is 1. The first-order valence-corrected chi connectivity index (χ1v) is 13.8. The number of pyridine rings is 1. The number of furan rings is 1. The molecule has 0 saturated heterocycles. The Morgan fingerprint density at radius 3 is 2.45 bits per heavy atom. The van der Waals surface area contributed by atoms with Crippen LogP contribution in [0.4, 0.5) is 13.2 Å². The maximum absolute atomic E-state index is 12.7. The Morgan fingerprint density at radius 1 is 1.05 bits per heavy atom. The third-order valence-electron chi connectivity index (χ3n) is 7.40. The van der Waals surface area contributed by atoms with Gasteiger partial charge in [-0.25, -0.2) is 0 Å². The van der Waals surface area contributed by atoms with Crippen LogP contribution in [0.5, 0.6) is 0 Å². The van der Waals surface area contributed by atoms with Crippen LogP contribution in [0.1, 0.15) is 63.0 Å². The second-order valence-electron chi connectivity index (χ2n) is 10.6. The van der Waals surface area contributed by atoms with Gasteiger partial charge in [-0.15, -0.1) is 17.7 Å². The van der Waals surface area contributed by atoms with Crippen molar-refractivity contribution in [2.45, 2.75) is 64.5 Å². The Labute approximate surface area is 256 Å². The Morgan fingerprint density at radius 2 is 1.79 bits per heavy atom. The number of rotatable bonds is 5. The van der Waals surface area contributed by atoms with Gasteiger partial charge in [0.1, 0.15) is 5.58 Å². The van der Waals surface area contributed by atoms with Gasteiger partial charge < -0.3 is 14.5 Å². The van der Waals surface area contributed by atoms with E-state index in [0.29, 0.717) is 11.5 Å². The predicted molar refractivity (Wildman–Crippen MR) is 156 cm³/mol. The molecule has 2 aromatic heterocycles. The topological polar surface area (TPSA) is 63.3 Å². The molecule has 1 saturated carbocycles. The molecule has 1 aliphatic rings. The van der Waals surface area contributed by atoms with Crippen LogP contribution in [0.2, 0.25) is 0 Å². The average Bonchev–Trinajstić information content (AvgIpc) is 3.59. The molecule has 0 bridgehead atoms. The van der Waals surface area contributed by atoms with Gasteiger partial charge in [-0.3, -0.25) is 4.79 Å². The van der Waals surface area contributed by atoms with Gasteiger partial charge >= 0.3 is 6.18 Å². The van der Waals surface area contributed by atoms with Crippen molar-refractivity contribution < 1.29 is 47.6 Å². The number of aliphatic hydroxyl groups excluding tert-OH is 1. The molecule has 2 heterocycles. The quantitative estimate of drug-likeness (QED) is 0.110. The van der Waals surface area contributed by atoms with E-state index >= 15 is 0 Å². The van der Waals surface area contributed by atoms with Gasteiger partial charge in [0.25, 0.3) is 0 Å². The molecule has 0 aliphatic heterocycles. The van der Waals surface area contributed by atoms with Crippen LogP contribution in [-0.2, 0) is 31.3 Å². The number of carbonyl (C=O) groups excluding carboxylic acids is 1. The standard InChI is InChI=1S/C29H23F3NO.C5H8O2.Ir/c30-29(31,32)13-11-18-9-10-22-20(15-18)12-14-33-27(22)25-17-21(19-5-1-2-6-19)16-24-23-7-3-4-8-26(23)34-28(24)25;1-4(6)3-5(2)7;/h3-4,7-10,12,14-16,19H,1-2,5-6,11,13H2;3,6H,1-2H3;/q-1;;/b;4-3-;. The number of aryl methyl sites for hydroxylation is 1. The van der Waals surface area contributed by atoms with Crippen LogP contribution < -0.4 is 0 Å². The molecule has 6 rings (SSSR count). The van der Waals surface area contributed by atoms with Crippen molar-refractivity contribution in [1.29, 1.82) is 0 Å². The van der Waals surface area contributed by atoms with Crippen LogP contribution >= 0.6 is 0 Å². The van der Waals surface area contributed by atoms with Crippen molar-refractivity contribution in [3.05, 3.63) is 89.8 Å². The predicted octanol–water partition coefficient (Wildman–Crippen LogP) is 9.79. The number of hydrogen-bond acceptors (Lipinski definition) is 4. The summed E-state index contributed by atoms with van der Waals surface area (Å²) in [5.74, 6) is 0.410. The molecule has 1 fully saturated rings. The molecule has 0 atom stereocenters. The Hall–Kier alpha value is -3.48. The fraction of sp³-hybridized carbons (Fsp3) is 0.294. The van der Waals surface area contributed by atoms with Crippen LogP contribution in [0.25, 0.3) is 44.0 Å². The van der Waals surface area contributed by atoms with E-state index in [1.54, 1.807) is 12.3 Å². The third-order valence-corrected chi connectivity index (χ3v) is 7.40. The summed E-state index contributed by atoms with van der Waals surface area (Å²) in [5.41, 5.74) is 5.01. The minimum atomic E-state index is -4.17. The molecular weight excluding hydrogens is 720 g/mol. The minimum absolute atomic E-state index is 0. The molecule has 42 heavy (non-hydrogen) atoms. The number of allylic oxidation sites excluding steroid dienone is 2. The first kappa shape index (κ1) is 31.5. The molecule has 4 nitrogen and oxygen atoms in total. The molecule has 1 radical (unpaired) electrons. The molecule has 1 aliphatic carbocycles. The number of carbonyl (C=O) groups is 1. The smallest absolute Gasteiger partial charge is 0.389 e. The van der Waals surface area contributed by atoms with Crippen molar-refractivity contribution in [2.75, 3.05) is 0 Å². The van der Waals surface area contributed by atoms with Gasteiger partial charge in [0.2, 0.25) is 0 Å². The van der Waals surface area contributed by atoms with Crippen molar-refractivity contribution in [3.63, 3.8) is 0 Å². The summed E-state index contributed by atoms with van der Waals surface area (Å²) in [5, 5.41) is 12.3. The summed E-state index contributed by atoms with van der Waals surface area (Å²) in [7, 11) is 0. The van der Waals surface area contributed by atoms with Crippen molar-refractivity contribution in [1.82, 2.24) is 4.98 Å². The number of hydrogen-bond donors (Lipinski definition) is 1. The van der Waals surface area contributed by atoms with E-state index in [1.807, 2.05) is 36.4 Å². The van der Waals surface area contributed by atoms with Gasteiger partial charge in [0.05, 0.1) is 11.3 Å². The Bertz CT molecular complexity index is 1750. The summed E-state index contributed by atoms with van der Waals surface area (Å²) in [6.45, 7) is 2.85. The van der Waals surface area contributed by atoms with Crippen molar-refractivity contribution in [3.8, 4) is 11.3 Å². The van der Waals surface area contributed by atoms with Crippen LogP contribution in [0, 0.1) is 6.07 Å². The number of benzene rings is 3. The maximum Gasteiger partial charge on any atom is 0.389 e. The minimum Gasteiger partial charge on any atom is -0.512 e. The fourth-order valence-corrected chi connectivity index (χ4v) is 5.57. The molecule has 0 amide bonds. The molecule has 0 spiro atoms. The number of alkyl halides is 3. The molecule has 1 N–H and O–H groups in total. The zero-order valence-corrected chi connectivity index (χ0v) is 25.7. The van der Waals surface area contributed by atoms with Crippen LogP contribution in [0.15, 0.2) is 77.0 Å². The van der Waals surface area contributed by atoms with Gasteiger partial charge in [-0.05, 0) is 73.2 Å². The largest absolute Gasteiger partial charge is 0.512 e. The monoisotopic (exact) mass is 751 g/mol. The zero-order chi connectivity index (χ0) is 29.1. The summed E-state index contributed by atoms with van der Waals surface area (Å²) < 4.78 is 44.5. The molecule has 8 heteroatoms. The van der Waals surface area contributed by atoms with E-state index in [0.717, 1.165) is 56.8 Å². The van der Waals surface area contributed by atoms with Gasteiger partial charge in [0.15, 0.2) is 5.78 Å². The number of nitrogens with zero attached hydrogens (tertiary/aromatic N) is 1. The van der Waals surface area contributed by atoms with Crippen LogP contribution in [-0.4, -0.2) is 22.1 Å². The summed E-state index contributed by atoms with van der Waals surface area (Å²) >= 11 is 0. The fourth-order valence-electron chi connectivity index (χ4n) is 5.57. The Balaban J connectivity index is 0.000000454. The maximum atomic E-state index is 12.7.